The molecule has 23 heavy (non-hydrogen) atoms. The molecule has 0 bridgehead atoms. The maximum atomic E-state index is 12.2. The van der Waals surface area contributed by atoms with Crippen LogP contribution in [0.3, 0.4) is 0 Å². The van der Waals surface area contributed by atoms with Gasteiger partial charge in [-0.05, 0) is 29.7 Å². The number of benzene rings is 1. The Labute approximate surface area is 148 Å². The Morgan fingerprint density at radius 1 is 1.22 bits per heavy atom. The van der Waals surface area contributed by atoms with Crippen molar-refractivity contribution in [3.05, 3.63) is 50.3 Å². The van der Waals surface area contributed by atoms with Gasteiger partial charge in [-0.2, -0.15) is 0 Å². The van der Waals surface area contributed by atoms with E-state index >= 15 is 0 Å². The summed E-state index contributed by atoms with van der Waals surface area (Å²) in [7, 11) is 0. The van der Waals surface area contributed by atoms with E-state index in [-0.39, 0.29) is 18.2 Å². The zero-order chi connectivity index (χ0) is 17.1. The molecule has 0 radical (unpaired) electrons. The van der Waals surface area contributed by atoms with Crippen LogP contribution in [0.15, 0.2) is 24.3 Å². The Hall–Kier alpha value is -1.56. The van der Waals surface area contributed by atoms with Gasteiger partial charge in [0.15, 0.2) is 0 Å². The van der Waals surface area contributed by atoms with Gasteiger partial charge in [-0.1, -0.05) is 43.1 Å². The Bertz CT molecular complexity index is 757. The number of hydrogen-bond acceptors (Lipinski definition) is 3. The van der Waals surface area contributed by atoms with E-state index in [1.807, 2.05) is 13.8 Å². The number of halogens is 2. The second-order valence-electron chi connectivity index (χ2n) is 5.38. The summed E-state index contributed by atoms with van der Waals surface area (Å²) < 4.78 is 0. The van der Waals surface area contributed by atoms with Crippen molar-refractivity contribution in [2.45, 2.75) is 26.2 Å². The molecular formula is C16H16Cl2N2O2S. The van der Waals surface area contributed by atoms with Gasteiger partial charge in [0.25, 0.3) is 5.91 Å². The molecule has 0 aliphatic rings. The zero-order valence-corrected chi connectivity index (χ0v) is 15.0. The Balaban J connectivity index is 2.16. The summed E-state index contributed by atoms with van der Waals surface area (Å²) >= 11 is 13.2. The highest BCUT2D eigenvalue weighted by Gasteiger charge is 2.17. The predicted octanol–water partition coefficient (Wildman–Crippen LogP) is 4.46. The van der Waals surface area contributed by atoms with Crippen LogP contribution < -0.4 is 11.1 Å². The van der Waals surface area contributed by atoms with Crippen LogP contribution in [-0.4, -0.2) is 11.8 Å². The molecular weight excluding hydrogens is 355 g/mol. The van der Waals surface area contributed by atoms with Crippen molar-refractivity contribution in [3.63, 3.8) is 0 Å². The van der Waals surface area contributed by atoms with Gasteiger partial charge in [-0.25, -0.2) is 0 Å². The molecule has 4 nitrogen and oxygen atoms in total. The van der Waals surface area contributed by atoms with Gasteiger partial charge in [-0.15, -0.1) is 11.3 Å². The third kappa shape index (κ3) is 4.47. The fourth-order valence-corrected chi connectivity index (χ4v) is 3.38. The van der Waals surface area contributed by atoms with Crippen molar-refractivity contribution in [3.8, 4) is 0 Å². The van der Waals surface area contributed by atoms with Crippen molar-refractivity contribution in [2.75, 3.05) is 5.32 Å². The minimum Gasteiger partial charge on any atom is -0.366 e. The average Bonchev–Trinajstić information content (AvgIpc) is 2.87. The quantitative estimate of drug-likeness (QED) is 0.815. The maximum absolute atomic E-state index is 12.2. The standard InChI is InChI=1S/C16H16Cl2N2O2S/c1-8(2)13-7-10(15(19)22)16(23-13)20-14(21)6-9-3-4-11(17)12(18)5-9/h3-5,7-8H,6H2,1-2H3,(H2,19,22)(H,20,21). The van der Waals surface area contributed by atoms with E-state index in [1.54, 1.807) is 24.3 Å². The molecule has 7 heteroatoms. The lowest BCUT2D eigenvalue weighted by atomic mass is 10.1. The van der Waals surface area contributed by atoms with Crippen LogP contribution in [0.25, 0.3) is 0 Å². The first kappa shape index (κ1) is 17.8. The normalized spacial score (nSPS) is 10.8. The monoisotopic (exact) mass is 370 g/mol. The smallest absolute Gasteiger partial charge is 0.251 e. The second-order valence-corrected chi connectivity index (χ2v) is 7.28. The van der Waals surface area contributed by atoms with E-state index in [9.17, 15) is 9.59 Å². The first-order chi connectivity index (χ1) is 10.8. The number of carbonyl (C=O) groups is 2. The molecule has 0 unspecified atom stereocenters. The molecule has 0 saturated carbocycles. The van der Waals surface area contributed by atoms with Gasteiger partial charge < -0.3 is 11.1 Å². The Morgan fingerprint density at radius 2 is 1.91 bits per heavy atom. The average molecular weight is 371 g/mol. The van der Waals surface area contributed by atoms with Crippen molar-refractivity contribution in [1.29, 1.82) is 0 Å². The number of carbonyl (C=O) groups excluding carboxylic acids is 2. The van der Waals surface area contributed by atoms with Crippen LogP contribution in [0.5, 0.6) is 0 Å². The third-order valence-corrected chi connectivity index (χ3v) is 5.28. The largest absolute Gasteiger partial charge is 0.366 e. The highest BCUT2D eigenvalue weighted by atomic mass is 35.5. The molecule has 2 rings (SSSR count). The minimum atomic E-state index is -0.557. The van der Waals surface area contributed by atoms with Crippen molar-refractivity contribution in [2.24, 2.45) is 5.73 Å². The predicted molar refractivity (Wildman–Crippen MR) is 95.7 cm³/mol. The van der Waals surface area contributed by atoms with Gasteiger partial charge in [-0.3, -0.25) is 9.59 Å². The summed E-state index contributed by atoms with van der Waals surface area (Å²) in [6, 6.07) is 6.75. The van der Waals surface area contributed by atoms with Crippen LogP contribution in [0.2, 0.25) is 10.0 Å². The molecule has 0 aliphatic carbocycles. The van der Waals surface area contributed by atoms with Gasteiger partial charge in [0.1, 0.15) is 5.00 Å². The summed E-state index contributed by atoms with van der Waals surface area (Å²) in [5.41, 5.74) is 6.45. The highest BCUT2D eigenvalue weighted by Crippen LogP contribution is 2.32. The van der Waals surface area contributed by atoms with Gasteiger partial charge in [0, 0.05) is 4.88 Å². The SMILES string of the molecule is CC(C)c1cc(C(N)=O)c(NC(=O)Cc2ccc(Cl)c(Cl)c2)s1. The third-order valence-electron chi connectivity index (χ3n) is 3.19. The van der Waals surface area contributed by atoms with E-state index < -0.39 is 5.91 Å². The van der Waals surface area contributed by atoms with E-state index in [1.165, 1.54) is 11.3 Å². The minimum absolute atomic E-state index is 0.129. The molecule has 0 spiro atoms. The molecule has 2 aromatic rings. The number of anilines is 1. The molecule has 0 saturated heterocycles. The van der Waals surface area contributed by atoms with E-state index in [0.29, 0.717) is 20.6 Å². The van der Waals surface area contributed by atoms with Crippen LogP contribution in [-0.2, 0) is 11.2 Å². The van der Waals surface area contributed by atoms with Crippen molar-refractivity contribution >= 4 is 51.4 Å². The number of thiophene rings is 1. The van der Waals surface area contributed by atoms with Crippen molar-refractivity contribution < 1.29 is 9.59 Å². The van der Waals surface area contributed by atoms with E-state index in [0.717, 1.165) is 10.4 Å². The molecule has 0 atom stereocenters. The summed E-state index contributed by atoms with van der Waals surface area (Å²) in [5, 5.41) is 4.06. The van der Waals surface area contributed by atoms with Crippen LogP contribution >= 0.6 is 34.5 Å². The molecule has 3 N–H and O–H groups in total. The van der Waals surface area contributed by atoms with E-state index in [2.05, 4.69) is 5.32 Å². The molecule has 1 aromatic heterocycles. The van der Waals surface area contributed by atoms with Crippen LogP contribution in [0.1, 0.15) is 40.6 Å². The fourth-order valence-electron chi connectivity index (χ4n) is 1.98. The Morgan fingerprint density at radius 3 is 2.48 bits per heavy atom. The van der Waals surface area contributed by atoms with Gasteiger partial charge >= 0.3 is 0 Å². The lowest BCUT2D eigenvalue weighted by Crippen LogP contribution is -2.17. The molecule has 2 amide bonds. The summed E-state index contributed by atoms with van der Waals surface area (Å²) in [6.07, 6.45) is 0.129. The zero-order valence-electron chi connectivity index (χ0n) is 12.7. The number of amides is 2. The number of nitrogens with two attached hydrogens (primary N) is 1. The molecule has 1 heterocycles. The summed E-state index contributed by atoms with van der Waals surface area (Å²) in [4.78, 5) is 24.7. The number of rotatable bonds is 5. The first-order valence-electron chi connectivity index (χ1n) is 6.95. The molecule has 122 valence electrons. The topological polar surface area (TPSA) is 72.2 Å². The number of nitrogens with one attached hydrogen (secondary N) is 1. The summed E-state index contributed by atoms with van der Waals surface area (Å²) in [6.45, 7) is 4.02. The summed E-state index contributed by atoms with van der Waals surface area (Å²) in [5.74, 6) is -0.556. The Kier molecular flexibility index (Phi) is 5.68. The van der Waals surface area contributed by atoms with Gasteiger partial charge in [0.05, 0.1) is 22.0 Å². The second kappa shape index (κ2) is 7.34. The highest BCUT2D eigenvalue weighted by molar-refractivity contribution is 7.16. The van der Waals surface area contributed by atoms with Crippen LogP contribution in [0, 0.1) is 0 Å². The lowest BCUT2D eigenvalue weighted by molar-refractivity contribution is -0.115. The number of hydrogen-bond donors (Lipinski definition) is 2. The van der Waals surface area contributed by atoms with E-state index in [4.69, 9.17) is 28.9 Å². The molecule has 1 aromatic carbocycles. The first-order valence-corrected chi connectivity index (χ1v) is 8.52. The van der Waals surface area contributed by atoms with Gasteiger partial charge in [0.2, 0.25) is 5.91 Å². The molecule has 0 aliphatic heterocycles. The fraction of sp³-hybridized carbons (Fsp3) is 0.250. The van der Waals surface area contributed by atoms with Crippen molar-refractivity contribution in [1.82, 2.24) is 0 Å². The molecule has 0 fully saturated rings. The lowest BCUT2D eigenvalue weighted by Gasteiger charge is -2.06. The van der Waals surface area contributed by atoms with Crippen LogP contribution in [0.4, 0.5) is 5.00 Å². The number of primary amides is 1. The maximum Gasteiger partial charge on any atom is 0.251 e.